The molecule has 0 aromatic heterocycles. The smallest absolute Gasteiger partial charge is 0.120 e. The van der Waals surface area contributed by atoms with Gasteiger partial charge in [-0.2, -0.15) is 0 Å². The predicted molar refractivity (Wildman–Crippen MR) is 85.7 cm³/mol. The van der Waals surface area contributed by atoms with Gasteiger partial charge in [-0.3, -0.25) is 0 Å². The SMILES string of the molecule is CN(CCOc1ccc2ccccc2c1)CC1CC(O)C1. The Morgan fingerprint density at radius 3 is 2.67 bits per heavy atom. The van der Waals surface area contributed by atoms with Crippen LogP contribution in [0.5, 0.6) is 5.75 Å². The van der Waals surface area contributed by atoms with Crippen molar-refractivity contribution in [3.05, 3.63) is 42.5 Å². The highest BCUT2D eigenvalue weighted by Gasteiger charge is 2.27. The molecular formula is C18H23NO2. The van der Waals surface area contributed by atoms with Crippen LogP contribution in [0, 0.1) is 5.92 Å². The van der Waals surface area contributed by atoms with Crippen LogP contribution in [0.15, 0.2) is 42.5 Å². The first-order valence-electron chi connectivity index (χ1n) is 7.69. The summed E-state index contributed by atoms with van der Waals surface area (Å²) in [5.74, 6) is 1.59. The molecule has 3 nitrogen and oxygen atoms in total. The first kappa shape index (κ1) is 14.4. The second-order valence-electron chi connectivity index (χ2n) is 6.11. The summed E-state index contributed by atoms with van der Waals surface area (Å²) in [6.45, 7) is 2.67. The van der Waals surface area contributed by atoms with Crippen molar-refractivity contribution >= 4 is 10.8 Å². The van der Waals surface area contributed by atoms with E-state index in [9.17, 15) is 5.11 Å². The summed E-state index contributed by atoms with van der Waals surface area (Å²) >= 11 is 0. The molecular weight excluding hydrogens is 262 g/mol. The third-order valence-corrected chi connectivity index (χ3v) is 4.24. The number of aliphatic hydroxyl groups excluding tert-OH is 1. The van der Waals surface area contributed by atoms with E-state index in [-0.39, 0.29) is 6.10 Å². The van der Waals surface area contributed by atoms with E-state index in [1.807, 2.05) is 12.1 Å². The van der Waals surface area contributed by atoms with Crippen molar-refractivity contribution in [3.63, 3.8) is 0 Å². The number of aliphatic hydroxyl groups is 1. The van der Waals surface area contributed by atoms with Gasteiger partial charge in [0.05, 0.1) is 6.10 Å². The molecule has 0 amide bonds. The Kier molecular flexibility index (Phi) is 4.42. The molecule has 1 aliphatic rings. The molecule has 1 N–H and O–H groups in total. The van der Waals surface area contributed by atoms with E-state index in [2.05, 4.69) is 42.3 Å². The highest BCUT2D eigenvalue weighted by atomic mass is 16.5. The number of ether oxygens (including phenoxy) is 1. The van der Waals surface area contributed by atoms with Crippen LogP contribution in [0.25, 0.3) is 10.8 Å². The Morgan fingerprint density at radius 2 is 1.90 bits per heavy atom. The Hall–Kier alpha value is -1.58. The molecule has 0 unspecified atom stereocenters. The molecule has 0 saturated heterocycles. The van der Waals surface area contributed by atoms with Crippen LogP contribution >= 0.6 is 0 Å². The van der Waals surface area contributed by atoms with Gasteiger partial charge in [-0.15, -0.1) is 0 Å². The van der Waals surface area contributed by atoms with Gasteiger partial charge >= 0.3 is 0 Å². The summed E-state index contributed by atoms with van der Waals surface area (Å²) in [4.78, 5) is 2.29. The summed E-state index contributed by atoms with van der Waals surface area (Å²) in [5.41, 5.74) is 0. The van der Waals surface area contributed by atoms with E-state index in [1.165, 1.54) is 10.8 Å². The van der Waals surface area contributed by atoms with Crippen LogP contribution in [-0.2, 0) is 0 Å². The predicted octanol–water partition coefficient (Wildman–Crippen LogP) is 2.92. The molecule has 0 radical (unpaired) electrons. The van der Waals surface area contributed by atoms with Gasteiger partial charge in [-0.25, -0.2) is 0 Å². The lowest BCUT2D eigenvalue weighted by Gasteiger charge is -2.34. The summed E-state index contributed by atoms with van der Waals surface area (Å²) in [6, 6.07) is 14.5. The van der Waals surface area contributed by atoms with E-state index in [0.29, 0.717) is 12.5 Å². The average molecular weight is 285 g/mol. The highest BCUT2D eigenvalue weighted by Crippen LogP contribution is 2.27. The summed E-state index contributed by atoms with van der Waals surface area (Å²) in [7, 11) is 2.12. The third kappa shape index (κ3) is 3.74. The van der Waals surface area contributed by atoms with Gasteiger partial charge in [0.2, 0.25) is 0 Å². The van der Waals surface area contributed by atoms with E-state index < -0.39 is 0 Å². The maximum Gasteiger partial charge on any atom is 0.120 e. The van der Waals surface area contributed by atoms with Gasteiger partial charge in [0, 0.05) is 13.1 Å². The molecule has 3 heteroatoms. The molecule has 21 heavy (non-hydrogen) atoms. The maximum absolute atomic E-state index is 9.30. The van der Waals surface area contributed by atoms with Crippen molar-refractivity contribution in [1.82, 2.24) is 4.90 Å². The van der Waals surface area contributed by atoms with Gasteiger partial charge in [0.1, 0.15) is 12.4 Å². The summed E-state index contributed by atoms with van der Waals surface area (Å²) < 4.78 is 5.85. The quantitative estimate of drug-likeness (QED) is 0.886. The Morgan fingerprint density at radius 1 is 1.14 bits per heavy atom. The standard InChI is InChI=1S/C18H23NO2/c1-19(13-14-10-17(20)11-14)8-9-21-18-7-6-15-4-2-3-5-16(15)12-18/h2-7,12,14,17,20H,8-11,13H2,1H3. The largest absolute Gasteiger partial charge is 0.492 e. The molecule has 3 rings (SSSR count). The lowest BCUT2D eigenvalue weighted by atomic mass is 9.82. The molecule has 0 bridgehead atoms. The maximum atomic E-state index is 9.30. The third-order valence-electron chi connectivity index (χ3n) is 4.24. The van der Waals surface area contributed by atoms with Gasteiger partial charge in [-0.1, -0.05) is 30.3 Å². The zero-order valence-electron chi connectivity index (χ0n) is 12.5. The number of fused-ring (bicyclic) bond motifs is 1. The minimum Gasteiger partial charge on any atom is -0.492 e. The fraction of sp³-hybridized carbons (Fsp3) is 0.444. The molecule has 0 heterocycles. The number of likely N-dealkylation sites (N-methyl/N-ethyl adjacent to an activating group) is 1. The fourth-order valence-electron chi connectivity index (χ4n) is 2.96. The van der Waals surface area contributed by atoms with Crippen LogP contribution in [0.2, 0.25) is 0 Å². The second-order valence-corrected chi connectivity index (χ2v) is 6.11. The van der Waals surface area contributed by atoms with E-state index in [0.717, 1.165) is 31.7 Å². The van der Waals surface area contributed by atoms with E-state index in [1.54, 1.807) is 0 Å². The van der Waals surface area contributed by atoms with Crippen LogP contribution in [-0.4, -0.2) is 42.9 Å². The minimum absolute atomic E-state index is 0.0581. The summed E-state index contributed by atoms with van der Waals surface area (Å²) in [5, 5.41) is 11.8. The Labute approximate surface area is 126 Å². The second kappa shape index (κ2) is 6.46. The Balaban J connectivity index is 1.45. The molecule has 2 aromatic carbocycles. The first-order chi connectivity index (χ1) is 10.2. The molecule has 112 valence electrons. The van der Waals surface area contributed by atoms with Crippen molar-refractivity contribution in [2.45, 2.75) is 18.9 Å². The van der Waals surface area contributed by atoms with Crippen molar-refractivity contribution in [2.75, 3.05) is 26.7 Å². The van der Waals surface area contributed by atoms with Crippen molar-refractivity contribution in [3.8, 4) is 5.75 Å². The molecule has 1 fully saturated rings. The van der Waals surface area contributed by atoms with Gasteiger partial charge < -0.3 is 14.7 Å². The molecule has 0 spiro atoms. The van der Waals surface area contributed by atoms with Gasteiger partial charge in [-0.05, 0) is 48.7 Å². The molecule has 0 aliphatic heterocycles. The monoisotopic (exact) mass is 285 g/mol. The molecule has 1 saturated carbocycles. The zero-order chi connectivity index (χ0) is 14.7. The van der Waals surface area contributed by atoms with Crippen molar-refractivity contribution < 1.29 is 9.84 Å². The van der Waals surface area contributed by atoms with Crippen LogP contribution in [0.4, 0.5) is 0 Å². The van der Waals surface area contributed by atoms with Crippen LogP contribution < -0.4 is 4.74 Å². The Bertz CT molecular complexity index is 593. The first-order valence-corrected chi connectivity index (χ1v) is 7.69. The number of nitrogens with zero attached hydrogens (tertiary/aromatic N) is 1. The number of benzene rings is 2. The lowest BCUT2D eigenvalue weighted by molar-refractivity contribution is 0.0269. The van der Waals surface area contributed by atoms with Crippen LogP contribution in [0.1, 0.15) is 12.8 Å². The highest BCUT2D eigenvalue weighted by molar-refractivity contribution is 5.83. The van der Waals surface area contributed by atoms with E-state index in [4.69, 9.17) is 4.74 Å². The number of hydrogen-bond acceptors (Lipinski definition) is 3. The van der Waals surface area contributed by atoms with E-state index >= 15 is 0 Å². The summed E-state index contributed by atoms with van der Waals surface area (Å²) in [6.07, 6.45) is 1.85. The normalized spacial score (nSPS) is 21.5. The number of rotatable bonds is 6. The average Bonchev–Trinajstić information content (AvgIpc) is 2.45. The minimum atomic E-state index is -0.0581. The van der Waals surface area contributed by atoms with Crippen molar-refractivity contribution in [2.24, 2.45) is 5.92 Å². The fourth-order valence-corrected chi connectivity index (χ4v) is 2.96. The number of hydrogen-bond donors (Lipinski definition) is 1. The van der Waals surface area contributed by atoms with Gasteiger partial charge in [0.25, 0.3) is 0 Å². The lowest BCUT2D eigenvalue weighted by Crippen LogP contribution is -2.38. The topological polar surface area (TPSA) is 32.7 Å². The van der Waals surface area contributed by atoms with Crippen molar-refractivity contribution in [1.29, 1.82) is 0 Å². The zero-order valence-corrected chi connectivity index (χ0v) is 12.5. The molecule has 1 aliphatic carbocycles. The molecule has 2 aromatic rings. The van der Waals surface area contributed by atoms with Crippen LogP contribution in [0.3, 0.4) is 0 Å². The molecule has 0 atom stereocenters. The van der Waals surface area contributed by atoms with Gasteiger partial charge in [0.15, 0.2) is 0 Å².